The molecule has 1 N–H and O–H groups in total. The van der Waals surface area contributed by atoms with Crippen LogP contribution in [0.2, 0.25) is 0 Å². The van der Waals surface area contributed by atoms with Crippen molar-refractivity contribution < 1.29 is 26.7 Å². The summed E-state index contributed by atoms with van der Waals surface area (Å²) in [5.41, 5.74) is 0.292. The fraction of sp³-hybridized carbons (Fsp3) is 0.350. The number of benzene rings is 2. The number of alkyl halides is 2. The normalized spacial score (nSPS) is 16.0. The Morgan fingerprint density at radius 2 is 1.72 bits per heavy atom. The van der Waals surface area contributed by atoms with Gasteiger partial charge in [-0.15, -0.1) is 0 Å². The number of nitrogens with one attached hydrogen (secondary N) is 1. The van der Waals surface area contributed by atoms with Gasteiger partial charge in [0.2, 0.25) is 10.0 Å². The molecule has 1 fully saturated rings. The van der Waals surface area contributed by atoms with Gasteiger partial charge in [-0.05, 0) is 55.2 Å². The van der Waals surface area contributed by atoms with Gasteiger partial charge in [0.25, 0.3) is 5.91 Å². The van der Waals surface area contributed by atoms with Gasteiger partial charge in [0, 0.05) is 18.8 Å². The third-order valence-electron chi connectivity index (χ3n) is 4.84. The third kappa shape index (κ3) is 5.10. The summed E-state index contributed by atoms with van der Waals surface area (Å²) in [6.07, 6.45) is 1.65. The van der Waals surface area contributed by atoms with Crippen LogP contribution in [0, 0.1) is 5.92 Å². The summed E-state index contributed by atoms with van der Waals surface area (Å²) in [6.45, 7) is 0.0313. The van der Waals surface area contributed by atoms with E-state index in [0.717, 1.165) is 12.8 Å². The van der Waals surface area contributed by atoms with E-state index < -0.39 is 22.5 Å². The molecule has 29 heavy (non-hydrogen) atoms. The monoisotopic (exact) mass is 424 g/mol. The molecular formula is C20H22F2N2O4S. The second-order valence-electron chi connectivity index (χ2n) is 6.94. The fourth-order valence-corrected chi connectivity index (χ4v) is 4.61. The lowest BCUT2D eigenvalue weighted by Gasteiger charge is -2.29. The highest BCUT2D eigenvalue weighted by atomic mass is 32.2. The Labute approximate surface area is 168 Å². The molecule has 1 aliphatic rings. The van der Waals surface area contributed by atoms with Gasteiger partial charge < -0.3 is 10.1 Å². The van der Waals surface area contributed by atoms with Crippen LogP contribution in [0.5, 0.6) is 5.75 Å². The number of sulfonamides is 1. The Hall–Kier alpha value is -2.52. The van der Waals surface area contributed by atoms with Crippen LogP contribution in [0.25, 0.3) is 0 Å². The molecule has 1 heterocycles. The lowest BCUT2D eigenvalue weighted by atomic mass is 10.0. The van der Waals surface area contributed by atoms with Crippen LogP contribution in [0.1, 0.15) is 30.1 Å². The molecule has 1 saturated heterocycles. The van der Waals surface area contributed by atoms with Crippen molar-refractivity contribution in [3.63, 3.8) is 0 Å². The Bertz CT molecular complexity index is 957. The summed E-state index contributed by atoms with van der Waals surface area (Å²) >= 11 is 0. The highest BCUT2D eigenvalue weighted by Gasteiger charge is 2.28. The predicted molar refractivity (Wildman–Crippen MR) is 105 cm³/mol. The van der Waals surface area contributed by atoms with Crippen LogP contribution in [-0.2, 0) is 10.0 Å². The van der Waals surface area contributed by atoms with E-state index in [1.807, 2.05) is 0 Å². The first-order valence-corrected chi connectivity index (χ1v) is 10.7. The summed E-state index contributed by atoms with van der Waals surface area (Å²) in [5.74, 6) is -0.364. The van der Waals surface area contributed by atoms with Crippen LogP contribution in [-0.4, -0.2) is 38.3 Å². The molecule has 0 spiro atoms. The molecule has 1 amide bonds. The number of halogens is 2. The van der Waals surface area contributed by atoms with E-state index in [-0.39, 0.29) is 16.2 Å². The van der Waals surface area contributed by atoms with Gasteiger partial charge in [-0.1, -0.05) is 19.1 Å². The van der Waals surface area contributed by atoms with Crippen molar-refractivity contribution in [1.82, 2.24) is 4.31 Å². The average Bonchev–Trinajstić information content (AvgIpc) is 2.68. The van der Waals surface area contributed by atoms with Crippen LogP contribution >= 0.6 is 0 Å². The van der Waals surface area contributed by atoms with Crippen LogP contribution in [0.4, 0.5) is 14.5 Å². The highest BCUT2D eigenvalue weighted by Crippen LogP contribution is 2.25. The number of para-hydroxylation sites is 1. The molecule has 156 valence electrons. The number of carbonyl (C=O) groups is 1. The molecule has 2 aromatic rings. The molecule has 0 aliphatic carbocycles. The molecule has 3 rings (SSSR count). The number of piperidine rings is 1. The summed E-state index contributed by atoms with van der Waals surface area (Å²) in [5, 5.41) is 2.56. The second kappa shape index (κ2) is 8.87. The summed E-state index contributed by atoms with van der Waals surface area (Å²) in [4.78, 5) is 12.6. The zero-order valence-electron chi connectivity index (χ0n) is 15.8. The van der Waals surface area contributed by atoms with Crippen molar-refractivity contribution in [2.45, 2.75) is 31.3 Å². The van der Waals surface area contributed by atoms with E-state index in [9.17, 15) is 22.0 Å². The van der Waals surface area contributed by atoms with Gasteiger partial charge >= 0.3 is 6.61 Å². The number of rotatable bonds is 6. The third-order valence-corrected chi connectivity index (χ3v) is 6.75. The number of anilines is 1. The minimum absolute atomic E-state index is 0.0491. The van der Waals surface area contributed by atoms with E-state index >= 15 is 0 Å². The fourth-order valence-electron chi connectivity index (χ4n) is 3.14. The summed E-state index contributed by atoms with van der Waals surface area (Å²) in [7, 11) is -3.59. The van der Waals surface area contributed by atoms with Crippen molar-refractivity contribution in [3.8, 4) is 5.75 Å². The first-order valence-electron chi connectivity index (χ1n) is 9.23. The van der Waals surface area contributed by atoms with Crippen LogP contribution < -0.4 is 10.1 Å². The Morgan fingerprint density at radius 1 is 1.10 bits per heavy atom. The predicted octanol–water partition coefficient (Wildman–Crippen LogP) is 3.96. The zero-order valence-corrected chi connectivity index (χ0v) is 16.7. The maximum atomic E-state index is 12.7. The number of carbonyl (C=O) groups excluding carboxylic acids is 1. The van der Waals surface area contributed by atoms with Crippen molar-refractivity contribution in [1.29, 1.82) is 0 Å². The minimum Gasteiger partial charge on any atom is -0.434 e. The topological polar surface area (TPSA) is 75.7 Å². The van der Waals surface area contributed by atoms with Gasteiger partial charge in [-0.2, -0.15) is 13.1 Å². The van der Waals surface area contributed by atoms with Crippen molar-refractivity contribution in [2.75, 3.05) is 18.4 Å². The highest BCUT2D eigenvalue weighted by molar-refractivity contribution is 7.89. The maximum absolute atomic E-state index is 12.7. The number of amides is 1. The first-order chi connectivity index (χ1) is 13.8. The van der Waals surface area contributed by atoms with Gasteiger partial charge in [-0.25, -0.2) is 8.42 Å². The summed E-state index contributed by atoms with van der Waals surface area (Å²) in [6, 6.07) is 11.4. The van der Waals surface area contributed by atoms with Gasteiger partial charge in [-0.3, -0.25) is 4.79 Å². The van der Waals surface area contributed by atoms with Crippen molar-refractivity contribution in [2.24, 2.45) is 5.92 Å². The molecule has 0 bridgehead atoms. The van der Waals surface area contributed by atoms with Crippen LogP contribution in [0.3, 0.4) is 0 Å². The molecule has 0 atom stereocenters. The van der Waals surface area contributed by atoms with E-state index in [2.05, 4.69) is 17.0 Å². The average molecular weight is 424 g/mol. The Kier molecular flexibility index (Phi) is 6.49. The molecule has 9 heteroatoms. The second-order valence-corrected chi connectivity index (χ2v) is 8.88. The number of ether oxygens (including phenoxy) is 1. The SMILES string of the molecule is CC1CCN(S(=O)(=O)c2ccc(NC(=O)c3ccccc3OC(F)F)cc2)CC1. The standard InChI is InChI=1S/C20H22F2N2O4S/c1-14-10-12-24(13-11-14)29(26,27)16-8-6-15(7-9-16)23-19(25)17-4-2-3-5-18(17)28-20(21)22/h2-9,14,20H,10-13H2,1H3,(H,23,25). The van der Waals surface area contributed by atoms with E-state index in [1.54, 1.807) is 0 Å². The van der Waals surface area contributed by atoms with Crippen LogP contribution in [0.15, 0.2) is 53.4 Å². The number of hydrogen-bond acceptors (Lipinski definition) is 4. The van der Waals surface area contributed by atoms with Gasteiger partial charge in [0.1, 0.15) is 5.75 Å². The van der Waals surface area contributed by atoms with E-state index in [0.29, 0.717) is 24.7 Å². The first kappa shape index (κ1) is 21.2. The summed E-state index contributed by atoms with van der Waals surface area (Å²) < 4.78 is 56.3. The number of hydrogen-bond donors (Lipinski definition) is 1. The molecule has 2 aromatic carbocycles. The van der Waals surface area contributed by atoms with Crippen molar-refractivity contribution >= 4 is 21.6 Å². The lowest BCUT2D eigenvalue weighted by Crippen LogP contribution is -2.37. The minimum atomic E-state index is -3.59. The van der Waals surface area contributed by atoms with Gasteiger partial charge in [0.05, 0.1) is 10.5 Å². The molecule has 0 unspecified atom stereocenters. The van der Waals surface area contributed by atoms with E-state index in [4.69, 9.17) is 0 Å². The quantitative estimate of drug-likeness (QED) is 0.762. The Morgan fingerprint density at radius 3 is 2.34 bits per heavy atom. The van der Waals surface area contributed by atoms with E-state index in [1.165, 1.54) is 52.8 Å². The zero-order chi connectivity index (χ0) is 21.0. The molecule has 1 aliphatic heterocycles. The maximum Gasteiger partial charge on any atom is 0.387 e. The number of nitrogens with zero attached hydrogens (tertiary/aromatic N) is 1. The van der Waals surface area contributed by atoms with Crippen molar-refractivity contribution in [3.05, 3.63) is 54.1 Å². The molecule has 0 aromatic heterocycles. The lowest BCUT2D eigenvalue weighted by molar-refractivity contribution is -0.0501. The molecular weight excluding hydrogens is 402 g/mol. The largest absolute Gasteiger partial charge is 0.434 e. The Balaban J connectivity index is 1.72. The molecule has 6 nitrogen and oxygen atoms in total. The molecule has 0 saturated carbocycles. The smallest absolute Gasteiger partial charge is 0.387 e. The molecule has 0 radical (unpaired) electrons. The van der Waals surface area contributed by atoms with Gasteiger partial charge in [0.15, 0.2) is 0 Å².